The van der Waals surface area contributed by atoms with E-state index >= 15 is 0 Å². The first kappa shape index (κ1) is 16.7. The lowest BCUT2D eigenvalue weighted by atomic mass is 9.87. The minimum atomic E-state index is -0.0430. The summed E-state index contributed by atoms with van der Waals surface area (Å²) in [6.45, 7) is 11.3. The van der Waals surface area contributed by atoms with E-state index in [0.29, 0.717) is 23.3 Å². The van der Waals surface area contributed by atoms with Gasteiger partial charge < -0.3 is 5.32 Å². The Bertz CT molecular complexity index is 609. The van der Waals surface area contributed by atoms with E-state index in [1.54, 1.807) is 4.90 Å². The van der Waals surface area contributed by atoms with Crippen LogP contribution in [0.15, 0.2) is 30.0 Å². The van der Waals surface area contributed by atoms with E-state index in [2.05, 4.69) is 52.1 Å². The van der Waals surface area contributed by atoms with Gasteiger partial charge in [-0.3, -0.25) is 9.69 Å². The summed E-state index contributed by atoms with van der Waals surface area (Å²) in [5.41, 5.74) is 2.95. The molecule has 0 bridgehead atoms. The number of nitrogens with zero attached hydrogens (tertiary/aromatic N) is 1. The van der Waals surface area contributed by atoms with Crippen molar-refractivity contribution in [2.75, 3.05) is 6.54 Å². The summed E-state index contributed by atoms with van der Waals surface area (Å²) in [6, 6.07) is 8.29. The summed E-state index contributed by atoms with van der Waals surface area (Å²) in [5.74, 6) is 0.340. The predicted molar refractivity (Wildman–Crippen MR) is 95.4 cm³/mol. The molecule has 0 spiro atoms. The maximum atomic E-state index is 12.4. The number of rotatable bonds is 3. The van der Waals surface area contributed by atoms with Crippen molar-refractivity contribution in [3.05, 3.63) is 41.1 Å². The number of hydrogen-bond acceptors (Lipinski definition) is 2. The molecule has 1 aromatic carbocycles. The fraction of sp³-hybridized carbons (Fsp3) is 0.444. The molecule has 1 aromatic rings. The van der Waals surface area contributed by atoms with Gasteiger partial charge in [-0.1, -0.05) is 58.9 Å². The van der Waals surface area contributed by atoms with E-state index in [1.807, 2.05) is 18.2 Å². The molecule has 3 nitrogen and oxygen atoms in total. The molecule has 118 valence electrons. The van der Waals surface area contributed by atoms with Crippen molar-refractivity contribution in [1.82, 2.24) is 10.2 Å². The molecule has 22 heavy (non-hydrogen) atoms. The Kier molecular flexibility index (Phi) is 4.71. The van der Waals surface area contributed by atoms with Crippen LogP contribution < -0.4 is 5.32 Å². The van der Waals surface area contributed by atoms with Crippen LogP contribution >= 0.6 is 12.2 Å². The number of carbonyl (C=O) groups is 1. The molecule has 1 fully saturated rings. The molecule has 0 unspecified atom stereocenters. The number of carbonyl (C=O) groups excluding carboxylic acids is 1. The molecule has 1 aliphatic rings. The Labute approximate surface area is 138 Å². The highest BCUT2D eigenvalue weighted by Crippen LogP contribution is 2.23. The third-order valence-corrected chi connectivity index (χ3v) is 3.92. The Morgan fingerprint density at radius 1 is 1.23 bits per heavy atom. The van der Waals surface area contributed by atoms with Gasteiger partial charge in [-0.05, 0) is 40.8 Å². The van der Waals surface area contributed by atoms with Gasteiger partial charge in [0.15, 0.2) is 5.11 Å². The summed E-state index contributed by atoms with van der Waals surface area (Å²) in [4.78, 5) is 14.0. The number of thiocarbonyl (C=S) groups is 1. The monoisotopic (exact) mass is 316 g/mol. The third kappa shape index (κ3) is 3.74. The van der Waals surface area contributed by atoms with E-state index in [9.17, 15) is 4.79 Å². The number of hydrogen-bond donors (Lipinski definition) is 1. The highest BCUT2D eigenvalue weighted by atomic mass is 32.1. The van der Waals surface area contributed by atoms with Crippen LogP contribution in [0.3, 0.4) is 0 Å². The SMILES string of the molecule is CC(C)CN1C(=O)/C(=C\c2ccc(C(C)(C)C)cc2)NC1=S. The molecule has 0 atom stereocenters. The van der Waals surface area contributed by atoms with Gasteiger partial charge in [0.2, 0.25) is 0 Å². The lowest BCUT2D eigenvalue weighted by Crippen LogP contribution is -2.33. The maximum Gasteiger partial charge on any atom is 0.276 e. The van der Waals surface area contributed by atoms with Crippen molar-refractivity contribution in [1.29, 1.82) is 0 Å². The van der Waals surface area contributed by atoms with E-state index in [4.69, 9.17) is 12.2 Å². The van der Waals surface area contributed by atoms with Gasteiger partial charge >= 0.3 is 0 Å². The maximum absolute atomic E-state index is 12.4. The van der Waals surface area contributed by atoms with Gasteiger partial charge in [0.25, 0.3) is 5.91 Å². The first-order valence-electron chi connectivity index (χ1n) is 7.63. The highest BCUT2D eigenvalue weighted by Gasteiger charge is 2.30. The Hall–Kier alpha value is -1.68. The standard InChI is InChI=1S/C18H24N2OS/c1-12(2)11-20-16(21)15(19-17(20)22)10-13-6-8-14(9-7-13)18(3,4)5/h6-10,12H,11H2,1-5H3,(H,19,22)/b15-10+. The second-order valence-corrected chi connectivity index (χ2v) is 7.56. The zero-order chi connectivity index (χ0) is 16.5. The molecule has 0 radical (unpaired) electrons. The zero-order valence-corrected chi connectivity index (χ0v) is 14.8. The largest absolute Gasteiger partial charge is 0.328 e. The van der Waals surface area contributed by atoms with Crippen LogP contribution in [0.4, 0.5) is 0 Å². The van der Waals surface area contributed by atoms with Crippen LogP contribution in [-0.2, 0) is 10.2 Å². The van der Waals surface area contributed by atoms with Crippen LogP contribution in [0.2, 0.25) is 0 Å². The average molecular weight is 316 g/mol. The summed E-state index contributed by atoms with van der Waals surface area (Å²) in [7, 11) is 0. The molecule has 1 heterocycles. The van der Waals surface area contributed by atoms with Crippen molar-refractivity contribution in [3.63, 3.8) is 0 Å². The van der Waals surface area contributed by atoms with Gasteiger partial charge in [-0.25, -0.2) is 0 Å². The molecule has 0 aromatic heterocycles. The molecule has 1 saturated heterocycles. The van der Waals surface area contributed by atoms with Crippen molar-refractivity contribution in [2.45, 2.75) is 40.0 Å². The molecule has 0 saturated carbocycles. The summed E-state index contributed by atoms with van der Waals surface area (Å²) >= 11 is 5.25. The fourth-order valence-electron chi connectivity index (χ4n) is 2.35. The molecule has 4 heteroatoms. The minimum absolute atomic E-state index is 0.0430. The minimum Gasteiger partial charge on any atom is -0.328 e. The topological polar surface area (TPSA) is 32.3 Å². The van der Waals surface area contributed by atoms with Crippen LogP contribution in [-0.4, -0.2) is 22.5 Å². The van der Waals surface area contributed by atoms with Crippen molar-refractivity contribution in [3.8, 4) is 0 Å². The Balaban J connectivity index is 2.20. The van der Waals surface area contributed by atoms with Gasteiger partial charge in [0.1, 0.15) is 5.70 Å². The third-order valence-electron chi connectivity index (χ3n) is 3.60. The number of nitrogens with one attached hydrogen (secondary N) is 1. The van der Waals surface area contributed by atoms with Crippen molar-refractivity contribution in [2.24, 2.45) is 5.92 Å². The second-order valence-electron chi connectivity index (χ2n) is 7.17. The zero-order valence-electron chi connectivity index (χ0n) is 13.9. The second kappa shape index (κ2) is 6.21. The van der Waals surface area contributed by atoms with Gasteiger partial charge in [-0.2, -0.15) is 0 Å². The normalized spacial score (nSPS) is 17.5. The first-order chi connectivity index (χ1) is 10.2. The molecular weight excluding hydrogens is 292 g/mol. The molecular formula is C18H24N2OS. The smallest absolute Gasteiger partial charge is 0.276 e. The molecule has 1 aliphatic heterocycles. The predicted octanol–water partition coefficient (Wildman–Crippen LogP) is 3.70. The number of amides is 1. The quantitative estimate of drug-likeness (QED) is 0.682. The summed E-state index contributed by atoms with van der Waals surface area (Å²) in [6.07, 6.45) is 1.86. The molecule has 2 rings (SSSR count). The van der Waals surface area contributed by atoms with E-state index in [1.165, 1.54) is 5.56 Å². The van der Waals surface area contributed by atoms with Gasteiger partial charge in [0, 0.05) is 6.54 Å². The average Bonchev–Trinajstić information content (AvgIpc) is 2.66. The van der Waals surface area contributed by atoms with Crippen molar-refractivity contribution >= 4 is 29.3 Å². The lowest BCUT2D eigenvalue weighted by Gasteiger charge is -2.18. The van der Waals surface area contributed by atoms with Gasteiger partial charge in [0.05, 0.1) is 0 Å². The summed E-state index contributed by atoms with van der Waals surface area (Å²) < 4.78 is 0. The van der Waals surface area contributed by atoms with E-state index in [-0.39, 0.29) is 11.3 Å². The fourth-order valence-corrected chi connectivity index (χ4v) is 2.62. The van der Waals surface area contributed by atoms with Gasteiger partial charge in [-0.15, -0.1) is 0 Å². The molecule has 0 aliphatic carbocycles. The highest BCUT2D eigenvalue weighted by molar-refractivity contribution is 7.80. The molecule has 1 amide bonds. The lowest BCUT2D eigenvalue weighted by molar-refractivity contribution is -0.122. The summed E-state index contributed by atoms with van der Waals surface area (Å²) in [5, 5.41) is 3.52. The van der Waals surface area contributed by atoms with Crippen LogP contribution in [0, 0.1) is 5.92 Å². The van der Waals surface area contributed by atoms with E-state index < -0.39 is 0 Å². The van der Waals surface area contributed by atoms with Crippen LogP contribution in [0.25, 0.3) is 6.08 Å². The van der Waals surface area contributed by atoms with E-state index in [0.717, 1.165) is 5.56 Å². The Morgan fingerprint density at radius 2 is 1.82 bits per heavy atom. The number of benzene rings is 1. The Morgan fingerprint density at radius 3 is 2.32 bits per heavy atom. The molecule has 1 N–H and O–H groups in total. The van der Waals surface area contributed by atoms with Crippen molar-refractivity contribution < 1.29 is 4.79 Å². The first-order valence-corrected chi connectivity index (χ1v) is 8.04. The van der Waals surface area contributed by atoms with Crippen LogP contribution in [0.1, 0.15) is 45.7 Å². The van der Waals surface area contributed by atoms with Crippen LogP contribution in [0.5, 0.6) is 0 Å².